The predicted octanol–water partition coefficient (Wildman–Crippen LogP) is 2.72. The number of benzene rings is 1. The summed E-state index contributed by atoms with van der Waals surface area (Å²) < 4.78 is 0. The lowest BCUT2D eigenvalue weighted by molar-refractivity contribution is -0.145. The molecule has 0 aliphatic heterocycles. The van der Waals surface area contributed by atoms with Crippen molar-refractivity contribution >= 4 is 34.9 Å². The van der Waals surface area contributed by atoms with E-state index in [1.807, 2.05) is 0 Å². The summed E-state index contributed by atoms with van der Waals surface area (Å²) in [6, 6.07) is 4.81. The van der Waals surface area contributed by atoms with E-state index < -0.39 is 17.4 Å². The predicted molar refractivity (Wildman–Crippen MR) is 83.6 cm³/mol. The molecule has 1 unspecified atom stereocenters. The van der Waals surface area contributed by atoms with Gasteiger partial charge in [0, 0.05) is 16.3 Å². The molecule has 0 amide bonds. The molecule has 0 bridgehead atoms. The van der Waals surface area contributed by atoms with Crippen LogP contribution in [0.5, 0.6) is 0 Å². The number of nitrogens with one attached hydrogen (secondary N) is 1. The van der Waals surface area contributed by atoms with E-state index in [9.17, 15) is 14.7 Å². The van der Waals surface area contributed by atoms with Crippen LogP contribution >= 0.6 is 11.6 Å². The highest BCUT2D eigenvalue weighted by atomic mass is 35.5. The van der Waals surface area contributed by atoms with Crippen molar-refractivity contribution in [3.05, 3.63) is 46.6 Å². The summed E-state index contributed by atoms with van der Waals surface area (Å²) in [6.45, 7) is 1.47. The molecule has 1 atom stereocenters. The molecule has 1 aromatic carbocycles. The third-order valence-corrected chi connectivity index (χ3v) is 3.65. The Morgan fingerprint density at radius 2 is 2.05 bits per heavy atom. The molecule has 0 saturated carbocycles. The van der Waals surface area contributed by atoms with Gasteiger partial charge in [0.2, 0.25) is 0 Å². The minimum absolute atomic E-state index is 0.0161. The number of nitrogens with two attached hydrogens (primary N) is 1. The van der Waals surface area contributed by atoms with Crippen LogP contribution in [0.15, 0.2) is 41.6 Å². The summed E-state index contributed by atoms with van der Waals surface area (Å²) in [7, 11) is 0. The van der Waals surface area contributed by atoms with Crippen LogP contribution in [0.4, 0.5) is 11.4 Å². The quantitative estimate of drug-likeness (QED) is 0.634. The molecule has 22 heavy (non-hydrogen) atoms. The Labute approximate surface area is 131 Å². The number of hydrogen-bond acceptors (Lipinski definition) is 4. The number of nitrogen functional groups attached to an aromatic ring is 1. The molecule has 0 heterocycles. The van der Waals surface area contributed by atoms with Crippen molar-refractivity contribution in [2.24, 2.45) is 5.41 Å². The number of aliphatic carboxylic acids is 2. The molecular formula is C15H15ClN2O4. The molecule has 2 rings (SSSR count). The maximum Gasteiger partial charge on any atom is 0.331 e. The maximum atomic E-state index is 11.4. The zero-order chi connectivity index (χ0) is 16.5. The maximum absolute atomic E-state index is 11.4. The second-order valence-corrected chi connectivity index (χ2v) is 5.77. The largest absolute Gasteiger partial charge is 0.481 e. The van der Waals surface area contributed by atoms with Crippen molar-refractivity contribution < 1.29 is 19.8 Å². The van der Waals surface area contributed by atoms with Gasteiger partial charge in [-0.25, -0.2) is 4.79 Å². The Morgan fingerprint density at radius 3 is 2.59 bits per heavy atom. The molecule has 0 spiro atoms. The summed E-state index contributed by atoms with van der Waals surface area (Å²) in [6.07, 6.45) is 2.80. The molecule has 0 aromatic heterocycles. The Kier molecular flexibility index (Phi) is 4.14. The average molecular weight is 323 g/mol. The van der Waals surface area contributed by atoms with Gasteiger partial charge in [-0.3, -0.25) is 4.79 Å². The molecule has 7 heteroatoms. The molecule has 6 nitrogen and oxygen atoms in total. The molecular weight excluding hydrogens is 308 g/mol. The van der Waals surface area contributed by atoms with Gasteiger partial charge in [-0.1, -0.05) is 11.6 Å². The topological polar surface area (TPSA) is 113 Å². The van der Waals surface area contributed by atoms with Gasteiger partial charge in [0.05, 0.1) is 16.8 Å². The SMILES string of the molecule is CC1(C(=O)O)C=C(Nc2ccc(Cl)cc2N)C=C(C(=O)O)C1. The molecule has 0 radical (unpaired) electrons. The summed E-state index contributed by atoms with van der Waals surface area (Å²) in [4.78, 5) is 22.6. The molecule has 1 aliphatic carbocycles. The normalized spacial score (nSPS) is 20.8. The van der Waals surface area contributed by atoms with Crippen molar-refractivity contribution in [2.45, 2.75) is 13.3 Å². The number of carboxylic acid groups (broad SMARTS) is 2. The molecule has 1 aromatic rings. The minimum atomic E-state index is -1.30. The zero-order valence-corrected chi connectivity index (χ0v) is 12.5. The van der Waals surface area contributed by atoms with E-state index >= 15 is 0 Å². The van der Waals surface area contributed by atoms with Crippen LogP contribution in [-0.4, -0.2) is 22.2 Å². The van der Waals surface area contributed by atoms with Gasteiger partial charge in [-0.2, -0.15) is 0 Å². The standard InChI is InChI=1S/C15H15ClN2O4/c1-15(14(21)22)6-8(13(19)20)4-10(7-15)18-12-3-2-9(16)5-11(12)17/h2-5,7,18H,6,17H2,1H3,(H,19,20)(H,21,22). The summed E-state index contributed by atoms with van der Waals surface area (Å²) in [5.74, 6) is -2.24. The highest BCUT2D eigenvalue weighted by Gasteiger charge is 2.36. The first-order valence-corrected chi connectivity index (χ1v) is 6.81. The first-order valence-electron chi connectivity index (χ1n) is 6.43. The first kappa shape index (κ1) is 15.9. The average Bonchev–Trinajstić information content (AvgIpc) is 2.41. The minimum Gasteiger partial charge on any atom is -0.481 e. The number of hydrogen-bond donors (Lipinski definition) is 4. The lowest BCUT2D eigenvalue weighted by Crippen LogP contribution is -2.30. The zero-order valence-electron chi connectivity index (χ0n) is 11.8. The van der Waals surface area contributed by atoms with Crippen molar-refractivity contribution in [1.82, 2.24) is 0 Å². The molecule has 116 valence electrons. The third-order valence-electron chi connectivity index (χ3n) is 3.42. The van der Waals surface area contributed by atoms with Crippen LogP contribution in [0.3, 0.4) is 0 Å². The smallest absolute Gasteiger partial charge is 0.331 e. The number of halogens is 1. The van der Waals surface area contributed by atoms with Gasteiger partial charge in [-0.05, 0) is 43.7 Å². The van der Waals surface area contributed by atoms with Crippen LogP contribution in [0.2, 0.25) is 5.02 Å². The van der Waals surface area contributed by atoms with E-state index in [0.717, 1.165) is 0 Å². The number of carboxylic acids is 2. The Bertz CT molecular complexity index is 711. The van der Waals surface area contributed by atoms with Crippen LogP contribution in [0.25, 0.3) is 0 Å². The van der Waals surface area contributed by atoms with E-state index in [0.29, 0.717) is 22.1 Å². The van der Waals surface area contributed by atoms with Gasteiger partial charge in [0.15, 0.2) is 0 Å². The molecule has 5 N–H and O–H groups in total. The van der Waals surface area contributed by atoms with Crippen LogP contribution in [-0.2, 0) is 9.59 Å². The fourth-order valence-corrected chi connectivity index (χ4v) is 2.40. The van der Waals surface area contributed by atoms with Gasteiger partial charge in [0.1, 0.15) is 0 Å². The van der Waals surface area contributed by atoms with Gasteiger partial charge in [0.25, 0.3) is 0 Å². The summed E-state index contributed by atoms with van der Waals surface area (Å²) in [5, 5.41) is 21.9. The van der Waals surface area contributed by atoms with Gasteiger partial charge >= 0.3 is 11.9 Å². The lowest BCUT2D eigenvalue weighted by atomic mass is 9.79. The highest BCUT2D eigenvalue weighted by Crippen LogP contribution is 2.35. The van der Waals surface area contributed by atoms with Crippen LogP contribution in [0.1, 0.15) is 13.3 Å². The van der Waals surface area contributed by atoms with E-state index in [1.165, 1.54) is 19.1 Å². The third kappa shape index (κ3) is 3.23. The van der Waals surface area contributed by atoms with E-state index in [4.69, 9.17) is 22.4 Å². The first-order chi connectivity index (χ1) is 10.2. The van der Waals surface area contributed by atoms with E-state index in [-0.39, 0.29) is 12.0 Å². The van der Waals surface area contributed by atoms with Gasteiger partial charge < -0.3 is 21.3 Å². The van der Waals surface area contributed by atoms with E-state index in [1.54, 1.807) is 18.2 Å². The second kappa shape index (κ2) is 5.73. The van der Waals surface area contributed by atoms with Crippen molar-refractivity contribution in [1.29, 1.82) is 0 Å². The Balaban J connectivity index is 2.40. The molecule has 1 aliphatic rings. The van der Waals surface area contributed by atoms with Crippen molar-refractivity contribution in [3.63, 3.8) is 0 Å². The van der Waals surface area contributed by atoms with Gasteiger partial charge in [-0.15, -0.1) is 0 Å². The number of carbonyl (C=O) groups is 2. The second-order valence-electron chi connectivity index (χ2n) is 5.33. The number of allylic oxidation sites excluding steroid dienone is 1. The molecule has 0 saturated heterocycles. The number of rotatable bonds is 4. The monoisotopic (exact) mass is 322 g/mol. The fourth-order valence-electron chi connectivity index (χ4n) is 2.22. The molecule has 0 fully saturated rings. The van der Waals surface area contributed by atoms with Crippen LogP contribution < -0.4 is 11.1 Å². The van der Waals surface area contributed by atoms with Crippen molar-refractivity contribution in [2.75, 3.05) is 11.1 Å². The Hall–Kier alpha value is -2.47. The number of anilines is 2. The lowest BCUT2D eigenvalue weighted by Gasteiger charge is -2.27. The van der Waals surface area contributed by atoms with E-state index in [2.05, 4.69) is 5.32 Å². The van der Waals surface area contributed by atoms with Crippen LogP contribution in [0, 0.1) is 5.41 Å². The summed E-state index contributed by atoms with van der Waals surface area (Å²) in [5.41, 5.74) is 5.81. The summed E-state index contributed by atoms with van der Waals surface area (Å²) >= 11 is 5.82. The fraction of sp³-hybridized carbons (Fsp3) is 0.200. The Morgan fingerprint density at radius 1 is 1.36 bits per heavy atom. The highest BCUT2D eigenvalue weighted by molar-refractivity contribution is 6.31. The van der Waals surface area contributed by atoms with Crippen molar-refractivity contribution in [3.8, 4) is 0 Å².